The molecule has 0 radical (unpaired) electrons. The maximum absolute atomic E-state index is 11.1. The lowest BCUT2D eigenvalue weighted by molar-refractivity contribution is 0.1000. The van der Waals surface area contributed by atoms with Crippen molar-refractivity contribution in [2.45, 2.75) is 13.5 Å². The van der Waals surface area contributed by atoms with Gasteiger partial charge in [-0.3, -0.25) is 9.48 Å². The number of nitrogens with zero attached hydrogens (tertiary/aromatic N) is 2. The molecule has 0 saturated heterocycles. The highest BCUT2D eigenvalue weighted by molar-refractivity contribution is 5.92. The Morgan fingerprint density at radius 1 is 1.18 bits per heavy atom. The third kappa shape index (κ3) is 2.91. The second kappa shape index (κ2) is 5.85. The lowest BCUT2D eigenvalue weighted by Crippen LogP contribution is -2.09. The minimum Gasteiger partial charge on any atom is -0.366 e. The molecule has 4 heteroatoms. The summed E-state index contributed by atoms with van der Waals surface area (Å²) in [6.07, 6.45) is 3.17. The van der Waals surface area contributed by atoms with Gasteiger partial charge in [-0.2, -0.15) is 5.10 Å². The summed E-state index contributed by atoms with van der Waals surface area (Å²) in [4.78, 5) is 11.1. The summed E-state index contributed by atoms with van der Waals surface area (Å²) in [5.74, 6) is -0.458. The van der Waals surface area contributed by atoms with Crippen LogP contribution in [-0.2, 0) is 6.54 Å². The summed E-state index contributed by atoms with van der Waals surface area (Å²) in [6.45, 7) is 2.71. The van der Waals surface area contributed by atoms with Crippen molar-refractivity contribution in [1.82, 2.24) is 9.78 Å². The van der Waals surface area contributed by atoms with Crippen LogP contribution >= 0.6 is 0 Å². The largest absolute Gasteiger partial charge is 0.366 e. The zero-order valence-electron chi connectivity index (χ0n) is 12.4. The molecule has 0 saturated carbocycles. The van der Waals surface area contributed by atoms with Gasteiger partial charge < -0.3 is 5.73 Å². The van der Waals surface area contributed by atoms with Crippen molar-refractivity contribution in [1.29, 1.82) is 0 Å². The summed E-state index contributed by atoms with van der Waals surface area (Å²) in [5, 5.41) is 4.17. The second-order valence-electron chi connectivity index (χ2n) is 5.31. The van der Waals surface area contributed by atoms with E-state index in [0.717, 1.165) is 5.56 Å². The van der Waals surface area contributed by atoms with Crippen LogP contribution in [-0.4, -0.2) is 15.7 Å². The Kier molecular flexibility index (Phi) is 3.74. The molecule has 22 heavy (non-hydrogen) atoms. The number of carbonyl (C=O) groups is 1. The first-order valence-electron chi connectivity index (χ1n) is 7.11. The van der Waals surface area contributed by atoms with Gasteiger partial charge in [0.05, 0.1) is 18.3 Å². The van der Waals surface area contributed by atoms with E-state index in [1.165, 1.54) is 22.9 Å². The highest BCUT2D eigenvalue weighted by atomic mass is 16.1. The van der Waals surface area contributed by atoms with Gasteiger partial charge in [0, 0.05) is 6.20 Å². The minimum atomic E-state index is -0.458. The van der Waals surface area contributed by atoms with Gasteiger partial charge >= 0.3 is 0 Å². The standard InChI is InChI=1S/C18H17N3O/c1-13-7-8-14(9-17(13)15-5-3-2-4-6-15)11-21-12-16(10-20-21)18(19)22/h2-10,12H,11H2,1H3,(H2,19,22). The number of nitrogens with two attached hydrogens (primary N) is 1. The lowest BCUT2D eigenvalue weighted by atomic mass is 9.98. The average Bonchev–Trinajstić information content (AvgIpc) is 2.99. The predicted molar refractivity (Wildman–Crippen MR) is 86.5 cm³/mol. The predicted octanol–water partition coefficient (Wildman–Crippen LogP) is 3.01. The first-order chi connectivity index (χ1) is 10.6. The van der Waals surface area contributed by atoms with Gasteiger partial charge in [-0.1, -0.05) is 42.5 Å². The molecule has 0 fully saturated rings. The molecule has 1 heterocycles. The maximum Gasteiger partial charge on any atom is 0.251 e. The summed E-state index contributed by atoms with van der Waals surface area (Å²) in [5.41, 5.74) is 10.4. The second-order valence-corrected chi connectivity index (χ2v) is 5.31. The van der Waals surface area contributed by atoms with Crippen molar-refractivity contribution in [2.24, 2.45) is 5.73 Å². The third-order valence-corrected chi connectivity index (χ3v) is 3.65. The fraction of sp³-hybridized carbons (Fsp3) is 0.111. The Bertz CT molecular complexity index is 806. The summed E-state index contributed by atoms with van der Waals surface area (Å²) in [6, 6.07) is 16.6. The first-order valence-corrected chi connectivity index (χ1v) is 7.11. The van der Waals surface area contributed by atoms with E-state index in [1.54, 1.807) is 10.9 Å². The van der Waals surface area contributed by atoms with Gasteiger partial charge in [-0.15, -0.1) is 0 Å². The smallest absolute Gasteiger partial charge is 0.251 e. The molecule has 110 valence electrons. The lowest BCUT2D eigenvalue weighted by Gasteiger charge is -2.09. The topological polar surface area (TPSA) is 60.9 Å². The van der Waals surface area contributed by atoms with Crippen molar-refractivity contribution in [3.05, 3.63) is 77.6 Å². The van der Waals surface area contributed by atoms with E-state index >= 15 is 0 Å². The Morgan fingerprint density at radius 3 is 2.64 bits per heavy atom. The Balaban J connectivity index is 1.90. The molecule has 0 atom stereocenters. The van der Waals surface area contributed by atoms with Gasteiger partial charge in [0.2, 0.25) is 0 Å². The summed E-state index contributed by atoms with van der Waals surface area (Å²) in [7, 11) is 0. The van der Waals surface area contributed by atoms with Crippen molar-refractivity contribution in [3.8, 4) is 11.1 Å². The Hall–Kier alpha value is -2.88. The molecule has 0 aliphatic rings. The van der Waals surface area contributed by atoms with E-state index in [4.69, 9.17) is 5.73 Å². The number of primary amides is 1. The van der Waals surface area contributed by atoms with Gasteiger partial charge in [0.25, 0.3) is 5.91 Å². The monoisotopic (exact) mass is 291 g/mol. The van der Waals surface area contributed by atoms with Crippen LogP contribution in [0.1, 0.15) is 21.5 Å². The van der Waals surface area contributed by atoms with Crippen LogP contribution in [0.4, 0.5) is 0 Å². The van der Waals surface area contributed by atoms with E-state index in [-0.39, 0.29) is 0 Å². The minimum absolute atomic E-state index is 0.426. The number of amides is 1. The molecule has 3 aromatic rings. The van der Waals surface area contributed by atoms with Crippen LogP contribution in [0.2, 0.25) is 0 Å². The van der Waals surface area contributed by atoms with Crippen LogP contribution in [0.15, 0.2) is 60.9 Å². The number of hydrogen-bond donors (Lipinski definition) is 1. The zero-order valence-corrected chi connectivity index (χ0v) is 12.4. The van der Waals surface area contributed by atoms with Crippen molar-refractivity contribution >= 4 is 5.91 Å². The van der Waals surface area contributed by atoms with Gasteiger partial charge in [-0.25, -0.2) is 0 Å². The molecule has 0 aliphatic carbocycles. The van der Waals surface area contributed by atoms with Crippen molar-refractivity contribution in [3.63, 3.8) is 0 Å². The summed E-state index contributed by atoms with van der Waals surface area (Å²) >= 11 is 0. The van der Waals surface area contributed by atoms with Gasteiger partial charge in [0.1, 0.15) is 0 Å². The third-order valence-electron chi connectivity index (χ3n) is 3.65. The van der Waals surface area contributed by atoms with Crippen LogP contribution in [0.5, 0.6) is 0 Å². The molecule has 2 N–H and O–H groups in total. The molecule has 0 aliphatic heterocycles. The molecular weight excluding hydrogens is 274 g/mol. The summed E-state index contributed by atoms with van der Waals surface area (Å²) < 4.78 is 1.72. The molecule has 0 bridgehead atoms. The van der Waals surface area contributed by atoms with Crippen molar-refractivity contribution < 1.29 is 4.79 Å². The highest BCUT2D eigenvalue weighted by Gasteiger charge is 2.07. The maximum atomic E-state index is 11.1. The van der Waals surface area contributed by atoms with Gasteiger partial charge in [0.15, 0.2) is 0 Å². The number of rotatable bonds is 4. The average molecular weight is 291 g/mol. The first kappa shape index (κ1) is 14.1. The molecule has 3 rings (SSSR count). The van der Waals surface area contributed by atoms with E-state index < -0.39 is 5.91 Å². The SMILES string of the molecule is Cc1ccc(Cn2cc(C(N)=O)cn2)cc1-c1ccccc1. The van der Waals surface area contributed by atoms with Crippen molar-refractivity contribution in [2.75, 3.05) is 0 Å². The molecule has 1 amide bonds. The fourth-order valence-corrected chi connectivity index (χ4v) is 2.46. The van der Waals surface area contributed by atoms with Crippen LogP contribution in [0.3, 0.4) is 0 Å². The van der Waals surface area contributed by atoms with Crippen LogP contribution in [0.25, 0.3) is 11.1 Å². The van der Waals surface area contributed by atoms with Gasteiger partial charge in [-0.05, 0) is 35.2 Å². The highest BCUT2D eigenvalue weighted by Crippen LogP contribution is 2.24. The number of hydrogen-bond acceptors (Lipinski definition) is 2. The normalized spacial score (nSPS) is 10.6. The van der Waals surface area contributed by atoms with E-state index in [1.807, 2.05) is 18.2 Å². The molecule has 4 nitrogen and oxygen atoms in total. The van der Waals surface area contributed by atoms with E-state index in [2.05, 4.69) is 42.4 Å². The zero-order chi connectivity index (χ0) is 15.5. The quantitative estimate of drug-likeness (QED) is 0.803. The Morgan fingerprint density at radius 2 is 1.95 bits per heavy atom. The van der Waals surface area contributed by atoms with E-state index in [9.17, 15) is 4.79 Å². The molecule has 1 aromatic heterocycles. The molecular formula is C18H17N3O. The Labute approximate surface area is 129 Å². The number of benzene rings is 2. The van der Waals surface area contributed by atoms with E-state index in [0.29, 0.717) is 12.1 Å². The fourth-order valence-electron chi connectivity index (χ4n) is 2.46. The number of aryl methyl sites for hydroxylation is 1. The molecule has 2 aromatic carbocycles. The molecule has 0 spiro atoms. The molecule has 0 unspecified atom stereocenters. The number of carbonyl (C=O) groups excluding carboxylic acids is 1. The number of aromatic nitrogens is 2. The van der Waals surface area contributed by atoms with Crippen LogP contribution < -0.4 is 5.73 Å². The van der Waals surface area contributed by atoms with Crippen LogP contribution in [0, 0.1) is 6.92 Å².